The molecule has 0 saturated heterocycles. The maximum Gasteiger partial charge on any atom is 0.143 e. The van der Waals surface area contributed by atoms with Gasteiger partial charge in [-0.2, -0.15) is 0 Å². The Labute approximate surface area is 163 Å². The van der Waals surface area contributed by atoms with Gasteiger partial charge in [-0.15, -0.1) is 0 Å². The molecule has 144 valence electrons. The quantitative estimate of drug-likeness (QED) is 0.450. The van der Waals surface area contributed by atoms with Gasteiger partial charge in [-0.3, -0.25) is 0 Å². The number of ether oxygens (including phenoxy) is 1. The zero-order valence-electron chi connectivity index (χ0n) is 17.1. The fourth-order valence-electron chi connectivity index (χ4n) is 3.25. The molecule has 3 nitrogen and oxygen atoms in total. The molecule has 3 rings (SSSR count). The number of benzene rings is 2. The summed E-state index contributed by atoms with van der Waals surface area (Å²) in [5.41, 5.74) is 3.41. The van der Waals surface area contributed by atoms with E-state index in [2.05, 4.69) is 86.9 Å². The van der Waals surface area contributed by atoms with Crippen LogP contribution in [-0.2, 0) is 11.3 Å². The molecule has 0 aliphatic carbocycles. The molecule has 1 aromatic heterocycles. The Morgan fingerprint density at radius 3 is 2.26 bits per heavy atom. The van der Waals surface area contributed by atoms with E-state index in [1.807, 2.05) is 0 Å². The minimum absolute atomic E-state index is 0.142. The fourth-order valence-corrected chi connectivity index (χ4v) is 3.25. The SMILES string of the molecule is CC[C@H](C)CO[C@@H](c1ccccc1)c1nc2ccccc2n1C[C@@H](C)CC. The summed E-state index contributed by atoms with van der Waals surface area (Å²) in [5.74, 6) is 2.14. The summed E-state index contributed by atoms with van der Waals surface area (Å²) in [6, 6.07) is 18.9. The van der Waals surface area contributed by atoms with E-state index < -0.39 is 0 Å². The second kappa shape index (κ2) is 9.18. The van der Waals surface area contributed by atoms with Crippen LogP contribution in [0.3, 0.4) is 0 Å². The Morgan fingerprint density at radius 2 is 1.56 bits per heavy atom. The number of fused-ring (bicyclic) bond motifs is 1. The van der Waals surface area contributed by atoms with Crippen molar-refractivity contribution in [2.45, 2.75) is 53.2 Å². The van der Waals surface area contributed by atoms with Gasteiger partial charge in [0.05, 0.1) is 17.6 Å². The number of rotatable bonds is 9. The third kappa shape index (κ3) is 4.59. The van der Waals surface area contributed by atoms with Gasteiger partial charge in [0.25, 0.3) is 0 Å². The molecule has 0 amide bonds. The predicted octanol–water partition coefficient (Wildman–Crippen LogP) is 6.23. The van der Waals surface area contributed by atoms with Gasteiger partial charge in [-0.05, 0) is 29.5 Å². The van der Waals surface area contributed by atoms with Crippen LogP contribution in [-0.4, -0.2) is 16.2 Å². The molecular weight excluding hydrogens is 332 g/mol. The van der Waals surface area contributed by atoms with Crippen LogP contribution < -0.4 is 0 Å². The maximum atomic E-state index is 6.47. The topological polar surface area (TPSA) is 27.1 Å². The van der Waals surface area contributed by atoms with Crippen molar-refractivity contribution in [3.63, 3.8) is 0 Å². The molecule has 3 atom stereocenters. The zero-order valence-corrected chi connectivity index (χ0v) is 17.1. The molecule has 0 radical (unpaired) electrons. The average molecular weight is 365 g/mol. The normalized spacial score (nSPS) is 15.0. The van der Waals surface area contributed by atoms with Gasteiger partial charge in [0.15, 0.2) is 0 Å². The first kappa shape index (κ1) is 19.6. The Bertz CT molecular complexity index is 840. The smallest absolute Gasteiger partial charge is 0.143 e. The number of hydrogen-bond acceptors (Lipinski definition) is 2. The number of nitrogens with zero attached hydrogens (tertiary/aromatic N) is 2. The standard InChI is InChI=1S/C24H32N2O/c1-5-18(3)16-26-22-15-11-10-14-21(22)25-24(26)23(27-17-19(4)6-2)20-12-8-7-9-13-20/h7-15,18-19,23H,5-6,16-17H2,1-4H3/t18-,19-,23-/m0/s1. The summed E-state index contributed by atoms with van der Waals surface area (Å²) in [6.45, 7) is 10.7. The van der Waals surface area contributed by atoms with Crippen molar-refractivity contribution in [3.05, 3.63) is 66.0 Å². The summed E-state index contributed by atoms with van der Waals surface area (Å²) < 4.78 is 8.84. The van der Waals surface area contributed by atoms with Gasteiger partial charge in [0.2, 0.25) is 0 Å². The number of imidazole rings is 1. The van der Waals surface area contributed by atoms with Crippen molar-refractivity contribution in [1.82, 2.24) is 9.55 Å². The number of para-hydroxylation sites is 2. The van der Waals surface area contributed by atoms with E-state index in [9.17, 15) is 0 Å². The van der Waals surface area contributed by atoms with Crippen molar-refractivity contribution in [2.75, 3.05) is 6.61 Å². The van der Waals surface area contributed by atoms with E-state index in [1.165, 1.54) is 11.1 Å². The Hall–Kier alpha value is -2.13. The summed E-state index contributed by atoms with van der Waals surface area (Å²) in [5, 5.41) is 0. The third-order valence-corrected chi connectivity index (χ3v) is 5.46. The molecule has 0 N–H and O–H groups in total. The predicted molar refractivity (Wildman–Crippen MR) is 113 cm³/mol. The lowest BCUT2D eigenvalue weighted by Gasteiger charge is -2.22. The molecule has 3 aromatic rings. The molecule has 0 fully saturated rings. The van der Waals surface area contributed by atoms with E-state index in [1.54, 1.807) is 0 Å². The highest BCUT2D eigenvalue weighted by Gasteiger charge is 2.24. The Balaban J connectivity index is 2.07. The van der Waals surface area contributed by atoms with Crippen LogP contribution >= 0.6 is 0 Å². The van der Waals surface area contributed by atoms with Crippen LogP contribution in [0.2, 0.25) is 0 Å². The van der Waals surface area contributed by atoms with Crippen molar-refractivity contribution in [3.8, 4) is 0 Å². The van der Waals surface area contributed by atoms with Gasteiger partial charge < -0.3 is 9.30 Å². The van der Waals surface area contributed by atoms with Crippen LogP contribution in [0.5, 0.6) is 0 Å². The van der Waals surface area contributed by atoms with Gasteiger partial charge in [0, 0.05) is 6.54 Å². The lowest BCUT2D eigenvalue weighted by atomic mass is 10.1. The van der Waals surface area contributed by atoms with Crippen LogP contribution in [0.1, 0.15) is 58.0 Å². The highest BCUT2D eigenvalue weighted by atomic mass is 16.5. The Morgan fingerprint density at radius 1 is 0.889 bits per heavy atom. The van der Waals surface area contributed by atoms with E-state index in [0.717, 1.165) is 37.3 Å². The summed E-state index contributed by atoms with van der Waals surface area (Å²) in [6.07, 6.45) is 2.12. The lowest BCUT2D eigenvalue weighted by Crippen LogP contribution is -2.18. The molecular formula is C24H32N2O. The van der Waals surface area contributed by atoms with E-state index >= 15 is 0 Å². The average Bonchev–Trinajstić information content (AvgIpc) is 3.06. The monoisotopic (exact) mass is 364 g/mol. The first-order valence-electron chi connectivity index (χ1n) is 10.3. The molecule has 3 heteroatoms. The molecule has 27 heavy (non-hydrogen) atoms. The van der Waals surface area contributed by atoms with E-state index in [0.29, 0.717) is 11.8 Å². The second-order valence-electron chi connectivity index (χ2n) is 7.72. The van der Waals surface area contributed by atoms with Crippen molar-refractivity contribution >= 4 is 11.0 Å². The fraction of sp³-hybridized carbons (Fsp3) is 0.458. The van der Waals surface area contributed by atoms with Crippen LogP contribution in [0.15, 0.2) is 54.6 Å². The van der Waals surface area contributed by atoms with E-state index in [4.69, 9.17) is 9.72 Å². The van der Waals surface area contributed by atoms with Crippen LogP contribution in [0.25, 0.3) is 11.0 Å². The summed E-state index contributed by atoms with van der Waals surface area (Å²) >= 11 is 0. The van der Waals surface area contributed by atoms with Crippen molar-refractivity contribution < 1.29 is 4.74 Å². The minimum atomic E-state index is -0.142. The van der Waals surface area contributed by atoms with Crippen molar-refractivity contribution in [1.29, 1.82) is 0 Å². The highest BCUT2D eigenvalue weighted by molar-refractivity contribution is 5.76. The first-order valence-corrected chi connectivity index (χ1v) is 10.3. The first-order chi connectivity index (χ1) is 13.1. The molecule has 0 aliphatic heterocycles. The summed E-state index contributed by atoms with van der Waals surface area (Å²) in [4.78, 5) is 5.02. The molecule has 1 heterocycles. The van der Waals surface area contributed by atoms with Crippen molar-refractivity contribution in [2.24, 2.45) is 11.8 Å². The highest BCUT2D eigenvalue weighted by Crippen LogP contribution is 2.30. The van der Waals surface area contributed by atoms with Gasteiger partial charge in [-0.25, -0.2) is 4.98 Å². The molecule has 0 aliphatic rings. The molecule has 0 spiro atoms. The zero-order chi connectivity index (χ0) is 19.2. The third-order valence-electron chi connectivity index (χ3n) is 5.46. The molecule has 2 aromatic carbocycles. The summed E-state index contributed by atoms with van der Waals surface area (Å²) in [7, 11) is 0. The maximum absolute atomic E-state index is 6.47. The van der Waals surface area contributed by atoms with Gasteiger partial charge in [-0.1, -0.05) is 83.0 Å². The molecule has 0 bridgehead atoms. The van der Waals surface area contributed by atoms with Gasteiger partial charge in [0.1, 0.15) is 11.9 Å². The second-order valence-corrected chi connectivity index (χ2v) is 7.72. The Kier molecular flexibility index (Phi) is 6.68. The number of hydrogen-bond donors (Lipinski definition) is 0. The molecule has 0 saturated carbocycles. The van der Waals surface area contributed by atoms with Gasteiger partial charge >= 0.3 is 0 Å². The van der Waals surface area contributed by atoms with Crippen LogP contribution in [0.4, 0.5) is 0 Å². The lowest BCUT2D eigenvalue weighted by molar-refractivity contribution is 0.0480. The minimum Gasteiger partial charge on any atom is -0.365 e. The van der Waals surface area contributed by atoms with E-state index in [-0.39, 0.29) is 6.10 Å². The largest absolute Gasteiger partial charge is 0.365 e. The number of aromatic nitrogens is 2. The van der Waals surface area contributed by atoms with Crippen LogP contribution in [0, 0.1) is 11.8 Å². The molecule has 0 unspecified atom stereocenters.